The molecule has 5 heteroatoms. The maximum absolute atomic E-state index is 12.3. The maximum Gasteiger partial charge on any atom is 0.280 e. The number of aromatic nitrogens is 1. The van der Waals surface area contributed by atoms with Gasteiger partial charge in [0.2, 0.25) is 0 Å². The third kappa shape index (κ3) is 2.65. The third-order valence-corrected chi connectivity index (χ3v) is 2.69. The van der Waals surface area contributed by atoms with Gasteiger partial charge in [-0.2, -0.15) is 0 Å². The van der Waals surface area contributed by atoms with Crippen LogP contribution < -0.4 is 4.90 Å². The Kier molecular flexibility index (Phi) is 3.66. The fourth-order valence-electron chi connectivity index (χ4n) is 1.79. The first-order valence-corrected chi connectivity index (χ1v) is 5.88. The Hall–Kier alpha value is -2.56. The normalized spacial score (nSPS) is 10.2. The third-order valence-electron chi connectivity index (χ3n) is 2.69. The van der Waals surface area contributed by atoms with E-state index in [1.807, 2.05) is 6.92 Å². The number of phenols is 1. The SMILES string of the molecule is CCN(C(=O)c1ncccc1O)c1cccc(O)c1. The number of aromatic hydroxyl groups is 2. The molecule has 2 rings (SSSR count). The number of hydrogen-bond donors (Lipinski definition) is 2. The van der Waals surface area contributed by atoms with Gasteiger partial charge in [0.05, 0.1) is 0 Å². The van der Waals surface area contributed by atoms with Gasteiger partial charge in [-0.15, -0.1) is 0 Å². The Morgan fingerprint density at radius 3 is 2.68 bits per heavy atom. The van der Waals surface area contributed by atoms with Crippen LogP contribution in [0.25, 0.3) is 0 Å². The first-order valence-electron chi connectivity index (χ1n) is 5.88. The highest BCUT2D eigenvalue weighted by molar-refractivity contribution is 6.06. The molecule has 1 amide bonds. The molecule has 0 unspecified atom stereocenters. The number of nitrogens with zero attached hydrogens (tertiary/aromatic N) is 2. The van der Waals surface area contributed by atoms with E-state index in [4.69, 9.17) is 0 Å². The topological polar surface area (TPSA) is 73.7 Å². The van der Waals surface area contributed by atoms with Crippen LogP contribution in [0.3, 0.4) is 0 Å². The van der Waals surface area contributed by atoms with Crippen molar-refractivity contribution in [2.24, 2.45) is 0 Å². The number of phenolic OH excluding ortho intramolecular Hbond substituents is 1. The number of carbonyl (C=O) groups is 1. The van der Waals surface area contributed by atoms with Crippen molar-refractivity contribution in [2.45, 2.75) is 6.92 Å². The lowest BCUT2D eigenvalue weighted by Gasteiger charge is -2.21. The van der Waals surface area contributed by atoms with Crippen molar-refractivity contribution in [1.82, 2.24) is 4.98 Å². The number of anilines is 1. The number of pyridine rings is 1. The van der Waals surface area contributed by atoms with Crippen molar-refractivity contribution >= 4 is 11.6 Å². The van der Waals surface area contributed by atoms with Gasteiger partial charge in [-0.25, -0.2) is 4.98 Å². The first kappa shape index (κ1) is 12.9. The molecule has 0 saturated carbocycles. The molecule has 1 heterocycles. The Balaban J connectivity index is 2.38. The number of benzene rings is 1. The van der Waals surface area contributed by atoms with E-state index >= 15 is 0 Å². The first-order chi connectivity index (χ1) is 9.13. The second-order valence-electron chi connectivity index (χ2n) is 3.94. The summed E-state index contributed by atoms with van der Waals surface area (Å²) in [5.41, 5.74) is 0.547. The highest BCUT2D eigenvalue weighted by Crippen LogP contribution is 2.23. The highest BCUT2D eigenvalue weighted by atomic mass is 16.3. The lowest BCUT2D eigenvalue weighted by Crippen LogP contribution is -2.31. The molecule has 0 bridgehead atoms. The summed E-state index contributed by atoms with van der Waals surface area (Å²) >= 11 is 0. The van der Waals surface area contributed by atoms with Gasteiger partial charge in [0.25, 0.3) is 5.91 Å². The van der Waals surface area contributed by atoms with Gasteiger partial charge in [0, 0.05) is 24.5 Å². The molecule has 0 radical (unpaired) electrons. The van der Waals surface area contributed by atoms with Gasteiger partial charge >= 0.3 is 0 Å². The van der Waals surface area contributed by atoms with E-state index in [0.717, 1.165) is 0 Å². The van der Waals surface area contributed by atoms with Gasteiger partial charge in [-0.3, -0.25) is 4.79 Å². The van der Waals surface area contributed by atoms with Gasteiger partial charge in [0.15, 0.2) is 5.69 Å². The molecule has 2 N–H and O–H groups in total. The van der Waals surface area contributed by atoms with Gasteiger partial charge < -0.3 is 15.1 Å². The van der Waals surface area contributed by atoms with E-state index in [-0.39, 0.29) is 17.2 Å². The standard InChI is InChI=1S/C14H14N2O3/c1-2-16(10-5-3-6-11(17)9-10)14(19)13-12(18)7-4-8-15-13/h3-9,17-18H,2H2,1H3. The van der Waals surface area contributed by atoms with E-state index in [0.29, 0.717) is 12.2 Å². The summed E-state index contributed by atoms with van der Waals surface area (Å²) in [6.45, 7) is 2.21. The number of hydrogen-bond acceptors (Lipinski definition) is 4. The van der Waals surface area contributed by atoms with E-state index in [1.165, 1.54) is 29.3 Å². The van der Waals surface area contributed by atoms with Gasteiger partial charge in [0.1, 0.15) is 11.5 Å². The molecule has 19 heavy (non-hydrogen) atoms. The minimum Gasteiger partial charge on any atom is -0.508 e. The lowest BCUT2D eigenvalue weighted by molar-refractivity contribution is 0.0980. The summed E-state index contributed by atoms with van der Waals surface area (Å²) in [5, 5.41) is 19.1. The minimum absolute atomic E-state index is 0.00677. The van der Waals surface area contributed by atoms with Crippen LogP contribution in [0.5, 0.6) is 11.5 Å². The maximum atomic E-state index is 12.3. The quantitative estimate of drug-likeness (QED) is 0.884. The lowest BCUT2D eigenvalue weighted by atomic mass is 10.2. The number of amides is 1. The zero-order chi connectivity index (χ0) is 13.8. The van der Waals surface area contributed by atoms with Crippen LogP contribution >= 0.6 is 0 Å². The minimum atomic E-state index is -0.411. The van der Waals surface area contributed by atoms with Crippen LogP contribution in [-0.2, 0) is 0 Å². The summed E-state index contributed by atoms with van der Waals surface area (Å²) in [4.78, 5) is 17.7. The summed E-state index contributed by atoms with van der Waals surface area (Å²) in [7, 11) is 0. The molecular weight excluding hydrogens is 244 g/mol. The monoisotopic (exact) mass is 258 g/mol. The highest BCUT2D eigenvalue weighted by Gasteiger charge is 2.20. The Morgan fingerprint density at radius 2 is 2.05 bits per heavy atom. The molecule has 1 aromatic carbocycles. The average molecular weight is 258 g/mol. The average Bonchev–Trinajstić information content (AvgIpc) is 2.40. The van der Waals surface area contributed by atoms with Crippen LogP contribution in [0.4, 0.5) is 5.69 Å². The van der Waals surface area contributed by atoms with Crippen LogP contribution in [0, 0.1) is 0 Å². The molecule has 0 fully saturated rings. The summed E-state index contributed by atoms with van der Waals surface area (Å²) in [6.07, 6.45) is 1.45. The molecule has 0 aliphatic rings. The second-order valence-corrected chi connectivity index (χ2v) is 3.94. The van der Waals surface area contributed by atoms with E-state index in [1.54, 1.807) is 18.2 Å². The molecule has 0 aliphatic heterocycles. The number of rotatable bonds is 3. The molecule has 98 valence electrons. The van der Waals surface area contributed by atoms with Crippen molar-refractivity contribution in [3.8, 4) is 11.5 Å². The van der Waals surface area contributed by atoms with Crippen LogP contribution in [0.1, 0.15) is 17.4 Å². The second kappa shape index (κ2) is 5.39. The van der Waals surface area contributed by atoms with E-state index in [9.17, 15) is 15.0 Å². The van der Waals surface area contributed by atoms with Crippen LogP contribution in [0.2, 0.25) is 0 Å². The largest absolute Gasteiger partial charge is 0.508 e. The molecule has 0 atom stereocenters. The van der Waals surface area contributed by atoms with Crippen molar-refractivity contribution in [2.75, 3.05) is 11.4 Å². The van der Waals surface area contributed by atoms with Crippen molar-refractivity contribution in [3.63, 3.8) is 0 Å². The fraction of sp³-hybridized carbons (Fsp3) is 0.143. The molecule has 2 aromatic rings. The van der Waals surface area contributed by atoms with Crippen molar-refractivity contribution in [3.05, 3.63) is 48.3 Å². The zero-order valence-electron chi connectivity index (χ0n) is 10.4. The van der Waals surface area contributed by atoms with E-state index < -0.39 is 5.91 Å². The summed E-state index contributed by atoms with van der Waals surface area (Å²) in [6, 6.07) is 9.34. The summed E-state index contributed by atoms with van der Waals surface area (Å²) in [5.74, 6) is -0.494. The van der Waals surface area contributed by atoms with Crippen molar-refractivity contribution in [1.29, 1.82) is 0 Å². The zero-order valence-corrected chi connectivity index (χ0v) is 10.4. The predicted molar refractivity (Wildman–Crippen MR) is 71.4 cm³/mol. The van der Waals surface area contributed by atoms with Crippen LogP contribution in [0.15, 0.2) is 42.6 Å². The molecule has 0 spiro atoms. The predicted octanol–water partition coefficient (Wildman–Crippen LogP) is 2.16. The smallest absolute Gasteiger partial charge is 0.280 e. The van der Waals surface area contributed by atoms with Crippen LogP contribution in [-0.4, -0.2) is 27.6 Å². The summed E-state index contributed by atoms with van der Waals surface area (Å²) < 4.78 is 0. The van der Waals surface area contributed by atoms with Gasteiger partial charge in [-0.05, 0) is 31.2 Å². The Morgan fingerprint density at radius 1 is 1.26 bits per heavy atom. The fourth-order valence-corrected chi connectivity index (χ4v) is 1.79. The Labute approximate surface area is 110 Å². The molecule has 1 aromatic heterocycles. The molecule has 0 aliphatic carbocycles. The number of carbonyl (C=O) groups excluding carboxylic acids is 1. The molecule has 5 nitrogen and oxygen atoms in total. The molecular formula is C14H14N2O3. The Bertz CT molecular complexity index is 599. The van der Waals surface area contributed by atoms with E-state index in [2.05, 4.69) is 4.98 Å². The van der Waals surface area contributed by atoms with Gasteiger partial charge in [-0.1, -0.05) is 6.07 Å². The molecule has 0 saturated heterocycles. The van der Waals surface area contributed by atoms with Crippen molar-refractivity contribution < 1.29 is 15.0 Å².